The lowest BCUT2D eigenvalue weighted by Gasteiger charge is -2.10. The summed E-state index contributed by atoms with van der Waals surface area (Å²) in [4.78, 5) is 0. The molecule has 0 radical (unpaired) electrons. The van der Waals surface area contributed by atoms with Gasteiger partial charge in [0, 0.05) is 15.7 Å². The van der Waals surface area contributed by atoms with E-state index in [9.17, 15) is 0 Å². The van der Waals surface area contributed by atoms with Crippen LogP contribution in [0, 0.1) is 6.92 Å². The first kappa shape index (κ1) is 13.2. The summed E-state index contributed by atoms with van der Waals surface area (Å²) >= 11 is 9.56. The second-order valence-corrected chi connectivity index (χ2v) is 5.33. The van der Waals surface area contributed by atoms with Crippen LogP contribution in [-0.4, -0.2) is 0 Å². The van der Waals surface area contributed by atoms with Crippen molar-refractivity contribution < 1.29 is 4.74 Å². The van der Waals surface area contributed by atoms with Crippen molar-refractivity contribution in [2.75, 3.05) is 5.73 Å². The third kappa shape index (κ3) is 3.18. The Morgan fingerprint density at radius 3 is 2.67 bits per heavy atom. The number of aryl methyl sites for hydroxylation is 1. The van der Waals surface area contributed by atoms with Crippen LogP contribution in [0.3, 0.4) is 0 Å². The Morgan fingerprint density at radius 2 is 2.00 bits per heavy atom. The van der Waals surface area contributed by atoms with E-state index in [1.54, 1.807) is 0 Å². The number of rotatable bonds is 3. The van der Waals surface area contributed by atoms with E-state index in [0.717, 1.165) is 21.3 Å². The van der Waals surface area contributed by atoms with Crippen LogP contribution in [0.2, 0.25) is 5.02 Å². The number of hydrogen-bond donors (Lipinski definition) is 1. The van der Waals surface area contributed by atoms with E-state index in [2.05, 4.69) is 15.9 Å². The normalized spacial score (nSPS) is 10.4. The van der Waals surface area contributed by atoms with Gasteiger partial charge in [0.25, 0.3) is 0 Å². The van der Waals surface area contributed by atoms with Gasteiger partial charge in [0.05, 0.1) is 5.02 Å². The monoisotopic (exact) mass is 325 g/mol. The molecule has 0 unspecified atom stereocenters. The number of hydrogen-bond acceptors (Lipinski definition) is 2. The minimum Gasteiger partial charge on any atom is -0.487 e. The lowest BCUT2D eigenvalue weighted by molar-refractivity contribution is 0.305. The maximum atomic E-state index is 6.10. The van der Waals surface area contributed by atoms with Gasteiger partial charge < -0.3 is 10.5 Å². The number of anilines is 1. The van der Waals surface area contributed by atoms with E-state index in [1.807, 2.05) is 43.3 Å². The molecule has 2 nitrogen and oxygen atoms in total. The Kier molecular flexibility index (Phi) is 4.15. The van der Waals surface area contributed by atoms with Gasteiger partial charge in [-0.15, -0.1) is 0 Å². The molecule has 0 bridgehead atoms. The Hall–Kier alpha value is -1.19. The number of halogens is 2. The molecule has 18 heavy (non-hydrogen) atoms. The molecule has 0 saturated carbocycles. The van der Waals surface area contributed by atoms with E-state index in [4.69, 9.17) is 22.1 Å². The largest absolute Gasteiger partial charge is 0.487 e. The quantitative estimate of drug-likeness (QED) is 0.838. The summed E-state index contributed by atoms with van der Waals surface area (Å²) in [5.41, 5.74) is 8.55. The molecule has 4 heteroatoms. The molecule has 0 aliphatic carbocycles. The van der Waals surface area contributed by atoms with Crippen LogP contribution in [0.1, 0.15) is 11.1 Å². The molecule has 0 fully saturated rings. The molecular formula is C14H13BrClNO. The zero-order valence-corrected chi connectivity index (χ0v) is 12.3. The molecule has 0 aliphatic rings. The van der Waals surface area contributed by atoms with Crippen LogP contribution < -0.4 is 10.5 Å². The van der Waals surface area contributed by atoms with Gasteiger partial charge in [-0.2, -0.15) is 0 Å². The van der Waals surface area contributed by atoms with E-state index < -0.39 is 0 Å². The zero-order chi connectivity index (χ0) is 13.1. The first-order valence-corrected chi connectivity index (χ1v) is 6.66. The number of nitrogens with two attached hydrogens (primary N) is 1. The molecule has 0 saturated heterocycles. The molecule has 0 aliphatic heterocycles. The highest BCUT2D eigenvalue weighted by molar-refractivity contribution is 9.10. The van der Waals surface area contributed by atoms with Crippen molar-refractivity contribution in [1.82, 2.24) is 0 Å². The van der Waals surface area contributed by atoms with Crippen molar-refractivity contribution in [2.45, 2.75) is 13.5 Å². The van der Waals surface area contributed by atoms with Crippen LogP contribution in [-0.2, 0) is 6.61 Å². The minimum absolute atomic E-state index is 0.448. The average molecular weight is 327 g/mol. The van der Waals surface area contributed by atoms with Gasteiger partial charge in [-0.3, -0.25) is 0 Å². The predicted octanol–water partition coefficient (Wildman–Crippen LogP) is 4.57. The SMILES string of the molecule is Cc1ccc(OCc2ccc(N)cc2Br)c(Cl)c1. The lowest BCUT2D eigenvalue weighted by Crippen LogP contribution is -1.98. The van der Waals surface area contributed by atoms with Crippen molar-refractivity contribution in [3.05, 3.63) is 57.0 Å². The van der Waals surface area contributed by atoms with E-state index in [1.165, 1.54) is 0 Å². The number of nitrogen functional groups attached to an aromatic ring is 1. The summed E-state index contributed by atoms with van der Waals surface area (Å²) in [6.45, 7) is 2.44. The summed E-state index contributed by atoms with van der Waals surface area (Å²) in [5, 5.41) is 0.626. The topological polar surface area (TPSA) is 35.2 Å². The molecule has 0 amide bonds. The average Bonchev–Trinajstić information content (AvgIpc) is 2.30. The minimum atomic E-state index is 0.448. The van der Waals surface area contributed by atoms with Gasteiger partial charge in [0.1, 0.15) is 12.4 Å². The van der Waals surface area contributed by atoms with Crippen molar-refractivity contribution in [2.24, 2.45) is 0 Å². The van der Waals surface area contributed by atoms with Crippen LogP contribution in [0.25, 0.3) is 0 Å². The molecule has 2 aromatic rings. The smallest absolute Gasteiger partial charge is 0.138 e. The van der Waals surface area contributed by atoms with Crippen molar-refractivity contribution in [3.8, 4) is 5.75 Å². The fourth-order valence-corrected chi connectivity index (χ4v) is 2.36. The van der Waals surface area contributed by atoms with Gasteiger partial charge in [0.15, 0.2) is 0 Å². The molecule has 94 valence electrons. The molecule has 2 aromatic carbocycles. The first-order chi connectivity index (χ1) is 8.56. The van der Waals surface area contributed by atoms with Gasteiger partial charge in [-0.05, 0) is 36.8 Å². The van der Waals surface area contributed by atoms with Crippen molar-refractivity contribution in [3.63, 3.8) is 0 Å². The van der Waals surface area contributed by atoms with Crippen molar-refractivity contribution >= 4 is 33.2 Å². The number of benzene rings is 2. The third-order valence-corrected chi connectivity index (χ3v) is 3.58. The van der Waals surface area contributed by atoms with E-state index in [-0.39, 0.29) is 0 Å². The maximum absolute atomic E-state index is 6.10. The van der Waals surface area contributed by atoms with E-state index >= 15 is 0 Å². The fourth-order valence-electron chi connectivity index (χ4n) is 1.56. The van der Waals surface area contributed by atoms with Gasteiger partial charge in [0.2, 0.25) is 0 Å². The molecule has 0 aromatic heterocycles. The Morgan fingerprint density at radius 1 is 1.22 bits per heavy atom. The second-order valence-electron chi connectivity index (χ2n) is 4.07. The zero-order valence-electron chi connectivity index (χ0n) is 9.91. The molecule has 0 heterocycles. The number of ether oxygens (including phenoxy) is 1. The molecule has 2 rings (SSSR count). The highest BCUT2D eigenvalue weighted by atomic mass is 79.9. The van der Waals surface area contributed by atoms with E-state index in [0.29, 0.717) is 17.4 Å². The summed E-state index contributed by atoms with van der Waals surface area (Å²) < 4.78 is 6.63. The summed E-state index contributed by atoms with van der Waals surface area (Å²) in [5.74, 6) is 0.686. The maximum Gasteiger partial charge on any atom is 0.138 e. The molecule has 0 spiro atoms. The van der Waals surface area contributed by atoms with Crippen LogP contribution in [0.15, 0.2) is 40.9 Å². The predicted molar refractivity (Wildman–Crippen MR) is 79.1 cm³/mol. The third-order valence-electron chi connectivity index (χ3n) is 2.55. The molecule has 2 N–H and O–H groups in total. The summed E-state index contributed by atoms with van der Waals surface area (Å²) in [7, 11) is 0. The Balaban J connectivity index is 2.11. The lowest BCUT2D eigenvalue weighted by atomic mass is 10.2. The summed E-state index contributed by atoms with van der Waals surface area (Å²) in [6, 6.07) is 11.4. The van der Waals surface area contributed by atoms with Gasteiger partial charge >= 0.3 is 0 Å². The van der Waals surface area contributed by atoms with Crippen LogP contribution in [0.4, 0.5) is 5.69 Å². The highest BCUT2D eigenvalue weighted by Gasteiger charge is 2.04. The molecular weight excluding hydrogens is 314 g/mol. The van der Waals surface area contributed by atoms with Gasteiger partial charge in [-0.1, -0.05) is 39.7 Å². The highest BCUT2D eigenvalue weighted by Crippen LogP contribution is 2.27. The van der Waals surface area contributed by atoms with Crippen LogP contribution in [0.5, 0.6) is 5.75 Å². The fraction of sp³-hybridized carbons (Fsp3) is 0.143. The Bertz CT molecular complexity index is 520. The van der Waals surface area contributed by atoms with Crippen molar-refractivity contribution in [1.29, 1.82) is 0 Å². The standard InChI is InChI=1S/C14H13BrClNO/c1-9-2-5-14(13(16)6-9)18-8-10-3-4-11(17)7-12(10)15/h2-7H,8,17H2,1H3. The Labute approximate surface area is 120 Å². The second kappa shape index (κ2) is 5.63. The molecule has 0 atom stereocenters. The summed E-state index contributed by atoms with van der Waals surface area (Å²) in [6.07, 6.45) is 0. The first-order valence-electron chi connectivity index (χ1n) is 5.49. The van der Waals surface area contributed by atoms with Gasteiger partial charge in [-0.25, -0.2) is 0 Å². The van der Waals surface area contributed by atoms with Crippen LogP contribution >= 0.6 is 27.5 Å².